The fourth-order valence-corrected chi connectivity index (χ4v) is 2.28. The molecule has 3 aromatic rings. The van der Waals surface area contributed by atoms with E-state index in [-0.39, 0.29) is 0 Å². The first-order chi connectivity index (χ1) is 9.24. The number of benzene rings is 1. The van der Waals surface area contributed by atoms with Crippen molar-refractivity contribution in [3.63, 3.8) is 0 Å². The van der Waals surface area contributed by atoms with Gasteiger partial charge < -0.3 is 5.11 Å². The maximum Gasteiger partial charge on any atom is 0.0867 e. The smallest absolute Gasteiger partial charge is 0.0867 e. The Bertz CT molecular complexity index is 700. The van der Waals surface area contributed by atoms with Crippen molar-refractivity contribution in [2.45, 2.75) is 12.5 Å². The van der Waals surface area contributed by atoms with E-state index in [4.69, 9.17) is 0 Å². The summed E-state index contributed by atoms with van der Waals surface area (Å²) in [4.78, 5) is 4.36. The molecule has 0 saturated heterocycles. The molecule has 0 radical (unpaired) electrons. The van der Waals surface area contributed by atoms with Crippen LogP contribution in [0, 0.1) is 0 Å². The van der Waals surface area contributed by atoms with Gasteiger partial charge in [-0.2, -0.15) is 5.10 Å². The Morgan fingerprint density at radius 2 is 2.05 bits per heavy atom. The van der Waals surface area contributed by atoms with Crippen LogP contribution in [0.3, 0.4) is 0 Å². The molecule has 1 unspecified atom stereocenters. The van der Waals surface area contributed by atoms with Crippen molar-refractivity contribution in [2.24, 2.45) is 7.05 Å². The number of fused-ring (bicyclic) bond motifs is 1. The molecular weight excluding hydrogens is 238 g/mol. The van der Waals surface area contributed by atoms with Crippen LogP contribution < -0.4 is 0 Å². The van der Waals surface area contributed by atoms with Gasteiger partial charge in [0, 0.05) is 36.8 Å². The number of aliphatic hydroxyl groups excluding tert-OH is 1. The lowest BCUT2D eigenvalue weighted by Gasteiger charge is -2.11. The SMILES string of the molecule is Cn1ccc(CC(O)c2cccc3cccnc23)n1. The molecule has 0 amide bonds. The molecule has 2 heterocycles. The predicted octanol–water partition coefficient (Wildman–Crippen LogP) is 2.24. The molecule has 0 saturated carbocycles. The molecule has 19 heavy (non-hydrogen) atoms. The summed E-state index contributed by atoms with van der Waals surface area (Å²) in [5.41, 5.74) is 2.58. The number of hydrogen-bond donors (Lipinski definition) is 1. The first kappa shape index (κ1) is 11.9. The van der Waals surface area contributed by atoms with Crippen LogP contribution in [0.25, 0.3) is 10.9 Å². The summed E-state index contributed by atoms with van der Waals surface area (Å²) in [6.45, 7) is 0. The zero-order valence-corrected chi connectivity index (χ0v) is 10.7. The topological polar surface area (TPSA) is 50.9 Å². The van der Waals surface area contributed by atoms with Crippen molar-refractivity contribution in [1.29, 1.82) is 0 Å². The van der Waals surface area contributed by atoms with E-state index in [1.165, 1.54) is 0 Å². The molecule has 0 aliphatic rings. The maximum absolute atomic E-state index is 10.4. The van der Waals surface area contributed by atoms with E-state index in [0.717, 1.165) is 22.2 Å². The third kappa shape index (κ3) is 2.35. The number of rotatable bonds is 3. The Kier molecular flexibility index (Phi) is 3.01. The normalized spacial score (nSPS) is 12.7. The molecule has 2 aromatic heterocycles. The average molecular weight is 253 g/mol. The Balaban J connectivity index is 1.95. The second-order valence-corrected chi connectivity index (χ2v) is 4.62. The lowest BCUT2D eigenvalue weighted by molar-refractivity contribution is 0.178. The van der Waals surface area contributed by atoms with E-state index in [0.29, 0.717) is 6.42 Å². The van der Waals surface area contributed by atoms with Crippen molar-refractivity contribution in [3.05, 3.63) is 60.0 Å². The Labute approximate surface area is 111 Å². The second kappa shape index (κ2) is 4.82. The predicted molar refractivity (Wildman–Crippen MR) is 73.6 cm³/mol. The van der Waals surface area contributed by atoms with E-state index < -0.39 is 6.10 Å². The molecular formula is C15H15N3O. The van der Waals surface area contributed by atoms with Gasteiger partial charge in [0.2, 0.25) is 0 Å². The molecule has 1 atom stereocenters. The van der Waals surface area contributed by atoms with Gasteiger partial charge in [0.05, 0.1) is 17.3 Å². The van der Waals surface area contributed by atoms with E-state index in [1.54, 1.807) is 10.9 Å². The summed E-state index contributed by atoms with van der Waals surface area (Å²) in [5.74, 6) is 0. The highest BCUT2D eigenvalue weighted by atomic mass is 16.3. The van der Waals surface area contributed by atoms with Gasteiger partial charge in [-0.15, -0.1) is 0 Å². The Morgan fingerprint density at radius 3 is 2.84 bits per heavy atom. The number of aromatic nitrogens is 3. The van der Waals surface area contributed by atoms with Gasteiger partial charge in [-0.25, -0.2) is 0 Å². The zero-order valence-electron chi connectivity index (χ0n) is 10.7. The maximum atomic E-state index is 10.4. The number of aliphatic hydroxyl groups is 1. The van der Waals surface area contributed by atoms with E-state index in [9.17, 15) is 5.11 Å². The van der Waals surface area contributed by atoms with Crippen LogP contribution in [-0.2, 0) is 13.5 Å². The van der Waals surface area contributed by atoms with Gasteiger partial charge in [-0.3, -0.25) is 9.67 Å². The monoisotopic (exact) mass is 253 g/mol. The highest BCUT2D eigenvalue weighted by Gasteiger charge is 2.13. The zero-order chi connectivity index (χ0) is 13.2. The number of aryl methyl sites for hydroxylation is 1. The lowest BCUT2D eigenvalue weighted by atomic mass is 10.0. The molecule has 1 aromatic carbocycles. The quantitative estimate of drug-likeness (QED) is 0.779. The molecule has 3 rings (SSSR count). The van der Waals surface area contributed by atoms with Crippen LogP contribution in [0.4, 0.5) is 0 Å². The van der Waals surface area contributed by atoms with Crippen molar-refractivity contribution in [1.82, 2.24) is 14.8 Å². The van der Waals surface area contributed by atoms with Crippen LogP contribution in [0.5, 0.6) is 0 Å². The molecule has 0 fully saturated rings. The van der Waals surface area contributed by atoms with Gasteiger partial charge >= 0.3 is 0 Å². The van der Waals surface area contributed by atoms with Crippen LogP contribution in [0.15, 0.2) is 48.8 Å². The van der Waals surface area contributed by atoms with Gasteiger partial charge in [0.15, 0.2) is 0 Å². The van der Waals surface area contributed by atoms with Gasteiger partial charge in [0.25, 0.3) is 0 Å². The summed E-state index contributed by atoms with van der Waals surface area (Å²) in [6, 6.07) is 11.7. The lowest BCUT2D eigenvalue weighted by Crippen LogP contribution is -2.04. The number of pyridine rings is 1. The fraction of sp³-hybridized carbons (Fsp3) is 0.200. The third-order valence-corrected chi connectivity index (χ3v) is 3.19. The van der Waals surface area contributed by atoms with Crippen molar-refractivity contribution in [3.8, 4) is 0 Å². The van der Waals surface area contributed by atoms with E-state index in [2.05, 4.69) is 10.1 Å². The molecule has 1 N–H and O–H groups in total. The third-order valence-electron chi connectivity index (χ3n) is 3.19. The fourth-order valence-electron chi connectivity index (χ4n) is 2.28. The van der Waals surface area contributed by atoms with Crippen molar-refractivity contribution in [2.75, 3.05) is 0 Å². The Morgan fingerprint density at radius 1 is 1.21 bits per heavy atom. The van der Waals surface area contributed by atoms with Gasteiger partial charge in [-0.1, -0.05) is 24.3 Å². The molecule has 0 aliphatic carbocycles. The molecule has 4 nitrogen and oxygen atoms in total. The largest absolute Gasteiger partial charge is 0.388 e. The summed E-state index contributed by atoms with van der Waals surface area (Å²) in [6.07, 6.45) is 3.53. The van der Waals surface area contributed by atoms with Gasteiger partial charge in [-0.05, 0) is 12.1 Å². The van der Waals surface area contributed by atoms with Crippen molar-refractivity contribution >= 4 is 10.9 Å². The number of nitrogens with zero attached hydrogens (tertiary/aromatic N) is 3. The van der Waals surface area contributed by atoms with Crippen LogP contribution >= 0.6 is 0 Å². The van der Waals surface area contributed by atoms with Crippen molar-refractivity contribution < 1.29 is 5.11 Å². The van der Waals surface area contributed by atoms with Crippen LogP contribution in [0.1, 0.15) is 17.4 Å². The summed E-state index contributed by atoms with van der Waals surface area (Å²) < 4.78 is 1.74. The molecule has 0 aliphatic heterocycles. The average Bonchev–Trinajstić information content (AvgIpc) is 2.83. The van der Waals surface area contributed by atoms with Crippen LogP contribution in [0.2, 0.25) is 0 Å². The van der Waals surface area contributed by atoms with Crippen LogP contribution in [-0.4, -0.2) is 19.9 Å². The molecule has 0 spiro atoms. The minimum Gasteiger partial charge on any atom is -0.388 e. The summed E-state index contributed by atoms with van der Waals surface area (Å²) in [5, 5.41) is 15.7. The molecule has 96 valence electrons. The molecule has 4 heteroatoms. The molecule has 0 bridgehead atoms. The highest BCUT2D eigenvalue weighted by Crippen LogP contribution is 2.24. The Hall–Kier alpha value is -2.20. The number of hydrogen-bond acceptors (Lipinski definition) is 3. The standard InChI is InChI=1S/C15H15N3O/c1-18-9-7-12(17-18)10-14(19)13-6-2-4-11-5-3-8-16-15(11)13/h2-9,14,19H,10H2,1H3. The van der Waals surface area contributed by atoms with Gasteiger partial charge in [0.1, 0.15) is 0 Å². The summed E-state index contributed by atoms with van der Waals surface area (Å²) in [7, 11) is 1.87. The van der Waals surface area contributed by atoms with E-state index in [1.807, 2.05) is 49.6 Å². The summed E-state index contributed by atoms with van der Waals surface area (Å²) >= 11 is 0. The first-order valence-electron chi connectivity index (χ1n) is 6.24. The minimum absolute atomic E-state index is 0.497. The second-order valence-electron chi connectivity index (χ2n) is 4.62. The highest BCUT2D eigenvalue weighted by molar-refractivity contribution is 5.81. The minimum atomic E-state index is -0.589. The van der Waals surface area contributed by atoms with E-state index >= 15 is 0 Å². The number of para-hydroxylation sites is 1. The first-order valence-corrected chi connectivity index (χ1v) is 6.24.